The highest BCUT2D eigenvalue weighted by atomic mass is 19.4. The number of nitriles is 1. The molecule has 192 valence electrons. The van der Waals surface area contributed by atoms with Crippen LogP contribution < -0.4 is 10.6 Å². The van der Waals surface area contributed by atoms with Crippen LogP contribution in [0.15, 0.2) is 40.8 Å². The molecule has 11 heteroatoms. The fraction of sp³-hybridized carbons (Fsp3) is 0.440. The lowest BCUT2D eigenvalue weighted by Crippen LogP contribution is -2.56. The molecule has 0 amide bonds. The zero-order valence-electron chi connectivity index (χ0n) is 19.5. The molecular formula is C25H25F4N3O4. The van der Waals surface area contributed by atoms with Gasteiger partial charge >= 0.3 is 12.1 Å². The van der Waals surface area contributed by atoms with Gasteiger partial charge in [-0.15, -0.1) is 0 Å². The molecule has 4 N–H and O–H groups in total. The second-order valence-electron chi connectivity index (χ2n) is 9.83. The van der Waals surface area contributed by atoms with Crippen molar-refractivity contribution in [2.24, 2.45) is 0 Å². The molecule has 1 fully saturated rings. The molecule has 36 heavy (non-hydrogen) atoms. The van der Waals surface area contributed by atoms with E-state index in [4.69, 9.17) is 4.42 Å². The van der Waals surface area contributed by atoms with Crippen molar-refractivity contribution in [3.63, 3.8) is 0 Å². The maximum absolute atomic E-state index is 14.5. The Balaban J connectivity index is 1.70. The van der Waals surface area contributed by atoms with Crippen molar-refractivity contribution in [2.75, 3.05) is 0 Å². The number of halogens is 4. The number of aromatic carboxylic acids is 1. The van der Waals surface area contributed by atoms with E-state index in [1.54, 1.807) is 0 Å². The summed E-state index contributed by atoms with van der Waals surface area (Å²) in [5.74, 6) is -1.15. The fourth-order valence-electron chi connectivity index (χ4n) is 4.28. The Hall–Kier alpha value is -3.20. The zero-order valence-corrected chi connectivity index (χ0v) is 19.5. The number of nitrogens with zero attached hydrogens (tertiary/aromatic N) is 1. The Morgan fingerprint density at radius 2 is 1.83 bits per heavy atom. The number of aliphatic hydroxyl groups is 1. The maximum atomic E-state index is 14.5. The van der Waals surface area contributed by atoms with Crippen LogP contribution in [-0.4, -0.2) is 45.8 Å². The van der Waals surface area contributed by atoms with Gasteiger partial charge in [0, 0.05) is 10.8 Å². The van der Waals surface area contributed by atoms with Gasteiger partial charge < -0.3 is 14.6 Å². The van der Waals surface area contributed by atoms with E-state index in [1.165, 1.54) is 50.2 Å². The third-order valence-corrected chi connectivity index (χ3v) is 6.26. The van der Waals surface area contributed by atoms with Gasteiger partial charge in [0.1, 0.15) is 34.6 Å². The minimum atomic E-state index is -4.82. The SMILES string of the molecule is CC(C)(F)C[C@H](N[C@@H](c1ccc2c(c1)oc1ccc(C(=O)O)cc12)C(F)(F)F)[C@H](O)NC1(C#N)CC1. The van der Waals surface area contributed by atoms with Gasteiger partial charge in [-0.1, -0.05) is 12.1 Å². The lowest BCUT2D eigenvalue weighted by molar-refractivity contribution is -0.163. The van der Waals surface area contributed by atoms with Gasteiger partial charge in [-0.3, -0.25) is 10.6 Å². The van der Waals surface area contributed by atoms with Gasteiger partial charge in [0.25, 0.3) is 0 Å². The minimum Gasteiger partial charge on any atom is -0.478 e. The van der Waals surface area contributed by atoms with E-state index in [0.717, 1.165) is 0 Å². The predicted octanol–water partition coefficient (Wildman–Crippen LogP) is 4.95. The van der Waals surface area contributed by atoms with Crippen LogP contribution in [0.5, 0.6) is 0 Å². The number of carboxylic acid groups (broad SMARTS) is 1. The van der Waals surface area contributed by atoms with E-state index >= 15 is 0 Å². The molecule has 0 saturated heterocycles. The second-order valence-corrected chi connectivity index (χ2v) is 9.83. The van der Waals surface area contributed by atoms with E-state index in [2.05, 4.69) is 10.6 Å². The Morgan fingerprint density at radius 1 is 1.14 bits per heavy atom. The van der Waals surface area contributed by atoms with Gasteiger partial charge in [0.2, 0.25) is 0 Å². The molecule has 0 bridgehead atoms. The van der Waals surface area contributed by atoms with Crippen LogP contribution in [-0.2, 0) is 0 Å². The molecule has 1 saturated carbocycles. The molecule has 0 spiro atoms. The summed E-state index contributed by atoms with van der Waals surface area (Å²) in [5, 5.41) is 35.0. The zero-order chi connectivity index (χ0) is 26.5. The Morgan fingerprint density at radius 3 is 2.39 bits per heavy atom. The van der Waals surface area contributed by atoms with Crippen molar-refractivity contribution in [3.8, 4) is 6.07 Å². The molecule has 3 aromatic rings. The van der Waals surface area contributed by atoms with E-state index in [-0.39, 0.29) is 16.7 Å². The summed E-state index contributed by atoms with van der Waals surface area (Å²) < 4.78 is 62.8. The molecule has 0 unspecified atom stereocenters. The van der Waals surface area contributed by atoms with Crippen LogP contribution in [0.2, 0.25) is 0 Å². The number of carboxylic acids is 1. The quantitative estimate of drug-likeness (QED) is 0.239. The molecule has 7 nitrogen and oxygen atoms in total. The van der Waals surface area contributed by atoms with Gasteiger partial charge in [-0.05, 0) is 62.9 Å². The number of hydrogen-bond donors (Lipinski definition) is 4. The van der Waals surface area contributed by atoms with E-state index in [0.29, 0.717) is 29.2 Å². The second kappa shape index (κ2) is 9.03. The van der Waals surface area contributed by atoms with E-state index in [9.17, 15) is 37.8 Å². The van der Waals surface area contributed by atoms with Crippen LogP contribution in [0, 0.1) is 11.3 Å². The largest absolute Gasteiger partial charge is 0.478 e. The summed E-state index contributed by atoms with van der Waals surface area (Å²) in [4.78, 5) is 11.3. The third kappa shape index (κ3) is 5.46. The first-order chi connectivity index (χ1) is 16.7. The highest BCUT2D eigenvalue weighted by molar-refractivity contribution is 6.07. The highest BCUT2D eigenvalue weighted by Crippen LogP contribution is 2.39. The van der Waals surface area contributed by atoms with Crippen molar-refractivity contribution < 1.29 is 37.0 Å². The number of benzene rings is 2. The van der Waals surface area contributed by atoms with Crippen molar-refractivity contribution in [2.45, 2.75) is 68.8 Å². The maximum Gasteiger partial charge on any atom is 0.407 e. The topological polar surface area (TPSA) is 119 Å². The Bertz CT molecular complexity index is 1340. The van der Waals surface area contributed by atoms with Crippen LogP contribution in [0.3, 0.4) is 0 Å². The number of aliphatic hydroxyl groups excluding tert-OH is 1. The van der Waals surface area contributed by atoms with Crippen molar-refractivity contribution in [3.05, 3.63) is 47.5 Å². The van der Waals surface area contributed by atoms with Crippen molar-refractivity contribution in [1.82, 2.24) is 10.6 Å². The number of fused-ring (bicyclic) bond motifs is 3. The number of alkyl halides is 4. The summed E-state index contributed by atoms with van der Waals surface area (Å²) in [6.45, 7) is 2.39. The van der Waals surface area contributed by atoms with Gasteiger partial charge in [0.05, 0.1) is 17.7 Å². The standard InChI is InChI=1S/C25H25F4N3O4/c1-23(2,26)11-17(21(33)32-24(12-30)7-8-24)31-20(25(27,28)29)13-3-5-15-16-9-14(22(34)35)4-6-18(16)36-19(15)10-13/h3-6,9-10,17,20-21,31-33H,7-8,11H2,1-2H3,(H,34,35)/t17-,20-,21-/m0/s1. The summed E-state index contributed by atoms with van der Waals surface area (Å²) >= 11 is 0. The predicted molar refractivity (Wildman–Crippen MR) is 123 cm³/mol. The Labute approximate surface area is 203 Å². The van der Waals surface area contributed by atoms with Crippen LogP contribution in [0.1, 0.15) is 55.1 Å². The van der Waals surface area contributed by atoms with Gasteiger partial charge in [0.15, 0.2) is 0 Å². The average molecular weight is 507 g/mol. The lowest BCUT2D eigenvalue weighted by Gasteiger charge is -2.34. The van der Waals surface area contributed by atoms with Crippen LogP contribution >= 0.6 is 0 Å². The smallest absolute Gasteiger partial charge is 0.407 e. The molecule has 1 aliphatic carbocycles. The molecule has 1 aromatic heterocycles. The Kier molecular flexibility index (Phi) is 6.49. The summed E-state index contributed by atoms with van der Waals surface area (Å²) in [5.41, 5.74) is -2.74. The summed E-state index contributed by atoms with van der Waals surface area (Å²) in [6.07, 6.45) is -6.03. The van der Waals surface area contributed by atoms with E-state index < -0.39 is 48.1 Å². The lowest BCUT2D eigenvalue weighted by atomic mass is 9.96. The van der Waals surface area contributed by atoms with E-state index in [1.807, 2.05) is 6.07 Å². The number of hydrogen-bond acceptors (Lipinski definition) is 6. The first-order valence-electron chi connectivity index (χ1n) is 11.3. The molecular weight excluding hydrogens is 482 g/mol. The molecule has 1 aliphatic rings. The monoisotopic (exact) mass is 507 g/mol. The summed E-state index contributed by atoms with van der Waals surface area (Å²) in [7, 11) is 0. The molecule has 0 aliphatic heterocycles. The number of rotatable bonds is 9. The van der Waals surface area contributed by atoms with Gasteiger partial charge in [-0.2, -0.15) is 18.4 Å². The molecule has 4 rings (SSSR count). The molecule has 0 radical (unpaired) electrons. The number of nitrogens with one attached hydrogen (secondary N) is 2. The summed E-state index contributed by atoms with van der Waals surface area (Å²) in [6, 6.07) is 6.30. The first kappa shape index (κ1) is 25.9. The number of carbonyl (C=O) groups is 1. The average Bonchev–Trinajstić information content (AvgIpc) is 3.45. The normalized spacial score (nSPS) is 18.1. The van der Waals surface area contributed by atoms with Crippen molar-refractivity contribution >= 4 is 27.9 Å². The molecule has 1 heterocycles. The van der Waals surface area contributed by atoms with Gasteiger partial charge in [-0.25, -0.2) is 9.18 Å². The van der Waals surface area contributed by atoms with Crippen molar-refractivity contribution in [1.29, 1.82) is 5.26 Å². The fourth-order valence-corrected chi connectivity index (χ4v) is 4.28. The minimum absolute atomic E-state index is 0.00748. The van der Waals surface area contributed by atoms with Crippen LogP contribution in [0.4, 0.5) is 17.6 Å². The molecule has 2 aromatic carbocycles. The number of furan rings is 1. The van der Waals surface area contributed by atoms with Crippen LogP contribution in [0.25, 0.3) is 21.9 Å². The first-order valence-corrected chi connectivity index (χ1v) is 11.3. The third-order valence-electron chi connectivity index (χ3n) is 6.26. The molecule has 3 atom stereocenters. The highest BCUT2D eigenvalue weighted by Gasteiger charge is 2.48.